The molecule has 1 aliphatic rings. The largest absolute Gasteiger partial charge is 0.488 e. The first-order chi connectivity index (χ1) is 8.33. The molecule has 0 saturated heterocycles. The summed E-state index contributed by atoms with van der Waals surface area (Å²) in [4.78, 5) is 0. The van der Waals surface area contributed by atoms with Crippen molar-refractivity contribution in [2.24, 2.45) is 0 Å². The third-order valence-electron chi connectivity index (χ3n) is 3.48. The lowest BCUT2D eigenvalue weighted by atomic mass is 10.1. The van der Waals surface area contributed by atoms with Crippen LogP contribution in [0.4, 0.5) is 0 Å². The van der Waals surface area contributed by atoms with Gasteiger partial charge in [-0.25, -0.2) is 0 Å². The lowest BCUT2D eigenvalue weighted by Gasteiger charge is -2.19. The Balaban J connectivity index is 1.79. The summed E-state index contributed by atoms with van der Waals surface area (Å²) >= 11 is 0. The predicted octanol–water partition coefficient (Wildman–Crippen LogP) is 3.16. The van der Waals surface area contributed by atoms with Crippen molar-refractivity contribution < 1.29 is 4.74 Å². The lowest BCUT2D eigenvalue weighted by Crippen LogP contribution is -2.37. The van der Waals surface area contributed by atoms with Gasteiger partial charge in [0.15, 0.2) is 0 Å². The summed E-state index contributed by atoms with van der Waals surface area (Å²) in [5.41, 5.74) is 1.35. The second kappa shape index (κ2) is 6.06. The van der Waals surface area contributed by atoms with Crippen molar-refractivity contribution >= 4 is 0 Å². The zero-order valence-corrected chi connectivity index (χ0v) is 10.9. The van der Waals surface area contributed by atoms with Gasteiger partial charge in [0.1, 0.15) is 11.9 Å². The van der Waals surface area contributed by atoms with E-state index < -0.39 is 0 Å². The van der Waals surface area contributed by atoms with Crippen molar-refractivity contribution in [2.75, 3.05) is 6.54 Å². The van der Waals surface area contributed by atoms with E-state index in [0.717, 1.165) is 18.7 Å². The summed E-state index contributed by atoms with van der Waals surface area (Å²) in [6.07, 6.45) is 5.07. The van der Waals surface area contributed by atoms with Crippen LogP contribution >= 0.6 is 0 Å². The van der Waals surface area contributed by atoms with Gasteiger partial charge >= 0.3 is 0 Å². The Kier molecular flexibility index (Phi) is 4.43. The standard InChI is InChI=1S/C15H23NO/c1-3-7-13(4-2)16-11-14-10-12-8-5-6-9-15(12)17-14/h5-6,8-9,13-14,16H,3-4,7,10-11H2,1-2H3. The van der Waals surface area contributed by atoms with E-state index in [-0.39, 0.29) is 0 Å². The van der Waals surface area contributed by atoms with E-state index >= 15 is 0 Å². The normalized spacial score (nSPS) is 19.8. The monoisotopic (exact) mass is 233 g/mol. The molecule has 1 aliphatic heterocycles. The first-order valence-electron chi connectivity index (χ1n) is 6.81. The van der Waals surface area contributed by atoms with Crippen molar-refractivity contribution in [1.82, 2.24) is 5.32 Å². The highest BCUT2D eigenvalue weighted by Gasteiger charge is 2.22. The first kappa shape index (κ1) is 12.4. The number of benzene rings is 1. The van der Waals surface area contributed by atoms with Crippen molar-refractivity contribution in [3.63, 3.8) is 0 Å². The zero-order chi connectivity index (χ0) is 12.1. The summed E-state index contributed by atoms with van der Waals surface area (Å²) in [6.45, 7) is 5.46. The Morgan fingerprint density at radius 1 is 1.35 bits per heavy atom. The summed E-state index contributed by atoms with van der Waals surface area (Å²) in [5.74, 6) is 1.07. The quantitative estimate of drug-likeness (QED) is 0.815. The molecule has 1 aromatic carbocycles. The maximum atomic E-state index is 5.92. The summed E-state index contributed by atoms with van der Waals surface area (Å²) in [6, 6.07) is 9.01. The molecule has 94 valence electrons. The fourth-order valence-electron chi connectivity index (χ4n) is 2.46. The molecule has 0 saturated carbocycles. The summed E-state index contributed by atoms with van der Waals surface area (Å²) in [7, 11) is 0. The average molecular weight is 233 g/mol. The van der Waals surface area contributed by atoms with Crippen LogP contribution in [0.25, 0.3) is 0 Å². The van der Waals surface area contributed by atoms with Crippen LogP contribution in [0, 0.1) is 0 Å². The number of rotatable bonds is 6. The molecule has 2 heteroatoms. The van der Waals surface area contributed by atoms with E-state index in [1.54, 1.807) is 0 Å². The van der Waals surface area contributed by atoms with Crippen LogP contribution in [0.15, 0.2) is 24.3 Å². The molecule has 0 aromatic heterocycles. The molecule has 1 heterocycles. The van der Waals surface area contributed by atoms with E-state index in [1.165, 1.54) is 24.8 Å². The van der Waals surface area contributed by atoms with Gasteiger partial charge in [-0.1, -0.05) is 38.5 Å². The molecular formula is C15H23NO. The molecule has 2 nitrogen and oxygen atoms in total. The molecule has 17 heavy (non-hydrogen) atoms. The minimum absolute atomic E-state index is 0.318. The molecule has 0 radical (unpaired) electrons. The van der Waals surface area contributed by atoms with Gasteiger partial charge < -0.3 is 10.1 Å². The van der Waals surface area contributed by atoms with Crippen LogP contribution in [0.2, 0.25) is 0 Å². The van der Waals surface area contributed by atoms with Crippen LogP contribution in [0.1, 0.15) is 38.7 Å². The Hall–Kier alpha value is -1.02. The number of fused-ring (bicyclic) bond motifs is 1. The van der Waals surface area contributed by atoms with Crippen LogP contribution in [-0.4, -0.2) is 18.7 Å². The highest BCUT2D eigenvalue weighted by atomic mass is 16.5. The van der Waals surface area contributed by atoms with Gasteiger partial charge in [0.25, 0.3) is 0 Å². The highest BCUT2D eigenvalue weighted by Crippen LogP contribution is 2.27. The Morgan fingerprint density at radius 2 is 2.18 bits per heavy atom. The molecule has 0 amide bonds. The number of hydrogen-bond donors (Lipinski definition) is 1. The third-order valence-corrected chi connectivity index (χ3v) is 3.48. The third kappa shape index (κ3) is 3.22. The Bertz CT molecular complexity index is 326. The molecule has 1 N–H and O–H groups in total. The van der Waals surface area contributed by atoms with E-state index in [1.807, 2.05) is 6.07 Å². The van der Waals surface area contributed by atoms with Gasteiger partial charge in [-0.05, 0) is 24.5 Å². The molecule has 0 bridgehead atoms. The molecule has 0 spiro atoms. The Labute approximate surface area is 104 Å². The van der Waals surface area contributed by atoms with Crippen LogP contribution in [0.3, 0.4) is 0 Å². The molecule has 1 aromatic rings. The molecule has 0 aliphatic carbocycles. The van der Waals surface area contributed by atoms with Gasteiger partial charge in [-0.3, -0.25) is 0 Å². The molecular weight excluding hydrogens is 210 g/mol. The van der Waals surface area contributed by atoms with Gasteiger partial charge in [-0.2, -0.15) is 0 Å². The van der Waals surface area contributed by atoms with E-state index in [4.69, 9.17) is 4.74 Å². The van der Waals surface area contributed by atoms with Crippen molar-refractivity contribution in [3.05, 3.63) is 29.8 Å². The highest BCUT2D eigenvalue weighted by molar-refractivity contribution is 5.37. The van der Waals surface area contributed by atoms with Gasteiger partial charge in [0.05, 0.1) is 0 Å². The van der Waals surface area contributed by atoms with Crippen LogP contribution in [-0.2, 0) is 6.42 Å². The predicted molar refractivity (Wildman–Crippen MR) is 71.6 cm³/mol. The first-order valence-corrected chi connectivity index (χ1v) is 6.81. The zero-order valence-electron chi connectivity index (χ0n) is 10.9. The molecule has 2 rings (SSSR count). The van der Waals surface area contributed by atoms with Gasteiger partial charge in [-0.15, -0.1) is 0 Å². The van der Waals surface area contributed by atoms with E-state index in [2.05, 4.69) is 37.4 Å². The number of para-hydroxylation sites is 1. The van der Waals surface area contributed by atoms with Crippen molar-refractivity contribution in [1.29, 1.82) is 0 Å². The number of ether oxygens (including phenoxy) is 1. The smallest absolute Gasteiger partial charge is 0.123 e. The second-order valence-electron chi connectivity index (χ2n) is 4.85. The van der Waals surface area contributed by atoms with E-state index in [9.17, 15) is 0 Å². The number of nitrogens with one attached hydrogen (secondary N) is 1. The van der Waals surface area contributed by atoms with Crippen LogP contribution in [0.5, 0.6) is 5.75 Å². The minimum Gasteiger partial charge on any atom is -0.488 e. The Morgan fingerprint density at radius 3 is 2.88 bits per heavy atom. The second-order valence-corrected chi connectivity index (χ2v) is 4.85. The lowest BCUT2D eigenvalue weighted by molar-refractivity contribution is 0.219. The summed E-state index contributed by atoms with van der Waals surface area (Å²) in [5, 5.41) is 3.62. The van der Waals surface area contributed by atoms with Crippen molar-refractivity contribution in [2.45, 2.75) is 51.7 Å². The van der Waals surface area contributed by atoms with E-state index in [0.29, 0.717) is 12.1 Å². The summed E-state index contributed by atoms with van der Waals surface area (Å²) < 4.78 is 5.92. The average Bonchev–Trinajstić information content (AvgIpc) is 2.77. The maximum absolute atomic E-state index is 5.92. The molecule has 2 atom stereocenters. The fourth-order valence-corrected chi connectivity index (χ4v) is 2.46. The number of hydrogen-bond acceptors (Lipinski definition) is 2. The van der Waals surface area contributed by atoms with Gasteiger partial charge in [0.2, 0.25) is 0 Å². The van der Waals surface area contributed by atoms with Gasteiger partial charge in [0, 0.05) is 19.0 Å². The van der Waals surface area contributed by atoms with Crippen molar-refractivity contribution in [3.8, 4) is 5.75 Å². The fraction of sp³-hybridized carbons (Fsp3) is 0.600. The topological polar surface area (TPSA) is 21.3 Å². The maximum Gasteiger partial charge on any atom is 0.123 e. The SMILES string of the molecule is CCCC(CC)NCC1Cc2ccccc2O1. The molecule has 2 unspecified atom stereocenters. The minimum atomic E-state index is 0.318. The van der Waals surface area contributed by atoms with Crippen LogP contribution < -0.4 is 10.1 Å². The molecule has 0 fully saturated rings.